The first-order valence-corrected chi connectivity index (χ1v) is 7.94. The van der Waals surface area contributed by atoms with Gasteiger partial charge in [-0.15, -0.1) is 0 Å². The Labute approximate surface area is 128 Å². The second-order valence-electron chi connectivity index (χ2n) is 5.30. The molecular formula is C15H30N2O4. The Morgan fingerprint density at radius 2 is 1.71 bits per heavy atom. The molecule has 1 aliphatic rings. The van der Waals surface area contributed by atoms with E-state index < -0.39 is 0 Å². The van der Waals surface area contributed by atoms with E-state index in [9.17, 15) is 4.79 Å². The molecule has 0 saturated carbocycles. The minimum atomic E-state index is 0.0564. The van der Waals surface area contributed by atoms with Crippen LogP contribution in [-0.2, 0) is 19.0 Å². The van der Waals surface area contributed by atoms with Crippen LogP contribution >= 0.6 is 0 Å². The number of carbonyl (C=O) groups excluding carboxylic acids is 1. The van der Waals surface area contributed by atoms with Crippen molar-refractivity contribution in [3.8, 4) is 0 Å². The minimum Gasteiger partial charge on any atom is -0.377 e. The van der Waals surface area contributed by atoms with Crippen molar-refractivity contribution in [2.45, 2.75) is 32.3 Å². The number of amides is 1. The quantitative estimate of drug-likeness (QED) is 0.568. The van der Waals surface area contributed by atoms with Crippen molar-refractivity contribution in [2.75, 3.05) is 59.7 Å². The summed E-state index contributed by atoms with van der Waals surface area (Å²) in [5.41, 5.74) is 0. The summed E-state index contributed by atoms with van der Waals surface area (Å²) in [6, 6.07) is 0. The molecule has 0 spiro atoms. The van der Waals surface area contributed by atoms with Gasteiger partial charge < -0.3 is 24.4 Å². The number of nitrogens with one attached hydrogen (secondary N) is 1. The highest BCUT2D eigenvalue weighted by molar-refractivity contribution is 5.75. The molecule has 0 aliphatic carbocycles. The Kier molecular flexibility index (Phi) is 10.4. The molecule has 0 unspecified atom stereocenters. The molecule has 0 aromatic carbocycles. The molecule has 1 saturated heterocycles. The van der Waals surface area contributed by atoms with Gasteiger partial charge in [-0.25, -0.2) is 0 Å². The van der Waals surface area contributed by atoms with E-state index in [-0.39, 0.29) is 5.91 Å². The third kappa shape index (κ3) is 9.79. The fraction of sp³-hybridized carbons (Fsp3) is 0.933. The number of hydrogen-bond donors (Lipinski definition) is 1. The molecule has 1 fully saturated rings. The highest BCUT2D eigenvalue weighted by atomic mass is 16.5. The van der Waals surface area contributed by atoms with Crippen LogP contribution in [0.2, 0.25) is 0 Å². The van der Waals surface area contributed by atoms with Gasteiger partial charge in [0, 0.05) is 26.1 Å². The van der Waals surface area contributed by atoms with E-state index in [4.69, 9.17) is 14.2 Å². The number of rotatable bonds is 11. The first-order chi connectivity index (χ1) is 10.2. The van der Waals surface area contributed by atoms with E-state index in [2.05, 4.69) is 17.3 Å². The maximum absolute atomic E-state index is 11.0. The van der Waals surface area contributed by atoms with Gasteiger partial charge in [-0.2, -0.15) is 0 Å². The second kappa shape index (κ2) is 11.9. The van der Waals surface area contributed by atoms with Crippen LogP contribution in [0.4, 0.5) is 0 Å². The molecule has 0 aromatic heterocycles. The van der Waals surface area contributed by atoms with Crippen LogP contribution in [0.25, 0.3) is 0 Å². The number of ether oxygens (including phenoxy) is 3. The number of likely N-dealkylation sites (tertiary alicyclic amines) is 1. The molecule has 0 radical (unpaired) electrons. The van der Waals surface area contributed by atoms with Gasteiger partial charge in [-0.3, -0.25) is 4.79 Å². The summed E-state index contributed by atoms with van der Waals surface area (Å²) in [7, 11) is 2.15. The zero-order valence-corrected chi connectivity index (χ0v) is 13.4. The molecule has 0 atom stereocenters. The summed E-state index contributed by atoms with van der Waals surface area (Å²) >= 11 is 0. The van der Waals surface area contributed by atoms with Crippen LogP contribution < -0.4 is 5.32 Å². The molecule has 1 rings (SSSR count). The lowest BCUT2D eigenvalue weighted by Crippen LogP contribution is -2.34. The summed E-state index contributed by atoms with van der Waals surface area (Å²) in [6.07, 6.45) is 3.13. The van der Waals surface area contributed by atoms with Crippen molar-refractivity contribution in [3.63, 3.8) is 0 Å². The van der Waals surface area contributed by atoms with Crippen LogP contribution in [-0.4, -0.2) is 76.6 Å². The van der Waals surface area contributed by atoms with Crippen LogP contribution in [0.1, 0.15) is 26.2 Å². The van der Waals surface area contributed by atoms with Crippen molar-refractivity contribution in [3.05, 3.63) is 0 Å². The molecule has 1 aliphatic heterocycles. The molecule has 6 nitrogen and oxygen atoms in total. The zero-order chi connectivity index (χ0) is 15.3. The van der Waals surface area contributed by atoms with Crippen molar-refractivity contribution in [1.82, 2.24) is 10.2 Å². The smallest absolute Gasteiger partial charge is 0.219 e. The average molecular weight is 302 g/mol. The largest absolute Gasteiger partial charge is 0.377 e. The van der Waals surface area contributed by atoms with Gasteiger partial charge in [0.1, 0.15) is 0 Å². The standard InChI is InChI=1S/C15H30N2O4/c1-3-15(18)16-6-9-19-10-11-20-12-13-21-14-4-7-17(2)8-5-14/h14H,3-13H2,1-2H3,(H,16,18). The average Bonchev–Trinajstić information content (AvgIpc) is 2.50. The molecular weight excluding hydrogens is 272 g/mol. The molecule has 1 heterocycles. The van der Waals surface area contributed by atoms with Crippen LogP contribution in [0.5, 0.6) is 0 Å². The normalized spacial score (nSPS) is 17.0. The van der Waals surface area contributed by atoms with Gasteiger partial charge in [-0.1, -0.05) is 6.92 Å². The molecule has 21 heavy (non-hydrogen) atoms. The summed E-state index contributed by atoms with van der Waals surface area (Å²) in [6.45, 7) is 7.55. The SMILES string of the molecule is CCC(=O)NCCOCCOCCOC1CCN(C)CC1. The highest BCUT2D eigenvalue weighted by Gasteiger charge is 2.16. The Balaban J connectivity index is 1.77. The predicted octanol–water partition coefficient (Wildman–Crippen LogP) is 0.657. The third-order valence-corrected chi connectivity index (χ3v) is 3.51. The van der Waals surface area contributed by atoms with E-state index >= 15 is 0 Å². The number of piperidine rings is 1. The number of carbonyl (C=O) groups is 1. The number of hydrogen-bond acceptors (Lipinski definition) is 5. The second-order valence-corrected chi connectivity index (χ2v) is 5.30. The Hall–Kier alpha value is -0.690. The molecule has 124 valence electrons. The van der Waals surface area contributed by atoms with Crippen molar-refractivity contribution < 1.29 is 19.0 Å². The molecule has 0 aromatic rings. The first-order valence-electron chi connectivity index (χ1n) is 7.94. The van der Waals surface area contributed by atoms with Crippen molar-refractivity contribution in [2.24, 2.45) is 0 Å². The van der Waals surface area contributed by atoms with E-state index in [1.807, 2.05) is 6.92 Å². The summed E-state index contributed by atoms with van der Waals surface area (Å²) < 4.78 is 16.6. The van der Waals surface area contributed by atoms with Gasteiger partial charge in [0.05, 0.1) is 39.1 Å². The first kappa shape index (κ1) is 18.4. The molecule has 6 heteroatoms. The fourth-order valence-corrected chi connectivity index (χ4v) is 2.13. The highest BCUT2D eigenvalue weighted by Crippen LogP contribution is 2.11. The molecule has 1 N–H and O–H groups in total. The Morgan fingerprint density at radius 3 is 2.38 bits per heavy atom. The van der Waals surface area contributed by atoms with Gasteiger partial charge in [-0.05, 0) is 19.9 Å². The Morgan fingerprint density at radius 1 is 1.10 bits per heavy atom. The van der Waals surface area contributed by atoms with Crippen LogP contribution in [0.3, 0.4) is 0 Å². The Bertz CT molecular complexity index is 268. The topological polar surface area (TPSA) is 60.0 Å². The summed E-state index contributed by atoms with van der Waals surface area (Å²) in [5, 5.41) is 2.75. The van der Waals surface area contributed by atoms with E-state index in [1.54, 1.807) is 0 Å². The fourth-order valence-electron chi connectivity index (χ4n) is 2.13. The minimum absolute atomic E-state index is 0.0564. The molecule has 0 bridgehead atoms. The van der Waals surface area contributed by atoms with Gasteiger partial charge in [0.25, 0.3) is 0 Å². The maximum Gasteiger partial charge on any atom is 0.219 e. The summed E-state index contributed by atoms with van der Waals surface area (Å²) in [4.78, 5) is 13.3. The zero-order valence-electron chi connectivity index (χ0n) is 13.4. The van der Waals surface area contributed by atoms with E-state index in [0.717, 1.165) is 25.9 Å². The van der Waals surface area contributed by atoms with Crippen molar-refractivity contribution in [1.29, 1.82) is 0 Å². The van der Waals surface area contributed by atoms with E-state index in [0.29, 0.717) is 52.1 Å². The van der Waals surface area contributed by atoms with Crippen LogP contribution in [0, 0.1) is 0 Å². The van der Waals surface area contributed by atoms with Gasteiger partial charge in [0.15, 0.2) is 0 Å². The third-order valence-electron chi connectivity index (χ3n) is 3.51. The lowest BCUT2D eigenvalue weighted by molar-refractivity contribution is -0.121. The van der Waals surface area contributed by atoms with Gasteiger partial charge >= 0.3 is 0 Å². The van der Waals surface area contributed by atoms with Crippen molar-refractivity contribution >= 4 is 5.91 Å². The maximum atomic E-state index is 11.0. The molecule has 1 amide bonds. The summed E-state index contributed by atoms with van der Waals surface area (Å²) in [5.74, 6) is 0.0564. The predicted molar refractivity (Wildman–Crippen MR) is 81.4 cm³/mol. The lowest BCUT2D eigenvalue weighted by Gasteiger charge is -2.28. The monoisotopic (exact) mass is 302 g/mol. The van der Waals surface area contributed by atoms with E-state index in [1.165, 1.54) is 0 Å². The van der Waals surface area contributed by atoms with Gasteiger partial charge in [0.2, 0.25) is 5.91 Å². The lowest BCUT2D eigenvalue weighted by atomic mass is 10.1. The number of nitrogens with zero attached hydrogens (tertiary/aromatic N) is 1. The van der Waals surface area contributed by atoms with Crippen LogP contribution in [0.15, 0.2) is 0 Å².